The van der Waals surface area contributed by atoms with Crippen LogP contribution in [-0.2, 0) is 31.7 Å². The molecule has 0 radical (unpaired) electrons. The van der Waals surface area contributed by atoms with E-state index in [9.17, 15) is 28.2 Å². The number of hydrogen-bond donors (Lipinski definition) is 2. The van der Waals surface area contributed by atoms with E-state index in [2.05, 4.69) is 0 Å². The molecule has 0 aromatic heterocycles. The molecule has 0 aromatic rings. The molecule has 0 spiro atoms. The molecular weight excluding hydrogens is 286 g/mol. The second-order valence-electron chi connectivity index (χ2n) is 1.68. The van der Waals surface area contributed by atoms with Gasteiger partial charge in [0, 0.05) is 0 Å². The molecule has 0 aliphatic rings. The molecule has 0 amide bonds. The van der Waals surface area contributed by atoms with E-state index in [4.69, 9.17) is 9.11 Å². The van der Waals surface area contributed by atoms with Gasteiger partial charge in [0.2, 0.25) is 0 Å². The molecule has 2 unspecified atom stereocenters. The summed E-state index contributed by atoms with van der Waals surface area (Å²) in [7, 11) is 0. The summed E-state index contributed by atoms with van der Waals surface area (Å²) < 4.78 is 34.5. The van der Waals surface area contributed by atoms with E-state index in [1.807, 2.05) is 0 Å². The Morgan fingerprint density at radius 2 is 1.06 bits per heavy atom. The molecule has 84 valence electrons. The molecule has 0 bridgehead atoms. The van der Waals surface area contributed by atoms with Crippen molar-refractivity contribution in [3.63, 3.8) is 0 Å². The van der Waals surface area contributed by atoms with Crippen molar-refractivity contribution in [1.29, 1.82) is 0 Å². The molecule has 8 nitrogen and oxygen atoms in total. The van der Waals surface area contributed by atoms with Gasteiger partial charge in [0.05, 0.1) is 23.4 Å². The van der Waals surface area contributed by atoms with Crippen molar-refractivity contribution in [3.05, 3.63) is 0 Å². The van der Waals surface area contributed by atoms with Crippen LogP contribution < -0.4 is 69.3 Å². The van der Waals surface area contributed by atoms with Gasteiger partial charge in [0.1, 0.15) is 0 Å². The average molecular weight is 292 g/mol. The zero-order valence-corrected chi connectivity index (χ0v) is 14.2. The van der Waals surface area contributed by atoms with Crippen molar-refractivity contribution in [3.8, 4) is 0 Å². The Bertz CT molecular complexity index is 206. The van der Waals surface area contributed by atoms with Gasteiger partial charge in [-0.05, 0) is 0 Å². The molecule has 2 atom stereocenters. The van der Waals surface area contributed by atoms with Gasteiger partial charge in [0.25, 0.3) is 0 Å². The first-order valence-corrected chi connectivity index (χ1v) is 5.35. The first-order valence-electron chi connectivity index (χ1n) is 2.80. The van der Waals surface area contributed by atoms with E-state index in [0.29, 0.717) is 0 Å². The van der Waals surface area contributed by atoms with E-state index >= 15 is 0 Å². The fourth-order valence-electron chi connectivity index (χ4n) is 0.202. The van der Waals surface area contributed by atoms with Gasteiger partial charge < -0.3 is 28.9 Å². The smallest absolute Gasteiger partial charge is 0.549 e. The molecule has 0 rings (SSSR count). The molecular formula is C4H6Na2O8S2. The number of aliphatic carboxylic acids is 2. The quantitative estimate of drug-likeness (QED) is 0.382. The monoisotopic (exact) mass is 292 g/mol. The Morgan fingerprint density at radius 1 is 0.875 bits per heavy atom. The third-order valence-corrected chi connectivity index (χ3v) is 1.45. The van der Waals surface area contributed by atoms with Crippen LogP contribution in [0.3, 0.4) is 0 Å². The van der Waals surface area contributed by atoms with E-state index in [1.54, 1.807) is 0 Å². The predicted molar refractivity (Wildman–Crippen MR) is 41.3 cm³/mol. The van der Waals surface area contributed by atoms with Crippen molar-refractivity contribution < 1.29 is 96.4 Å². The maximum absolute atomic E-state index is 9.50. The van der Waals surface area contributed by atoms with Crippen LogP contribution in [0.5, 0.6) is 0 Å². The first kappa shape index (κ1) is 25.9. The first-order chi connectivity index (χ1) is 6.25. The number of hydrogen-bond acceptors (Lipinski definition) is 6. The summed E-state index contributed by atoms with van der Waals surface area (Å²) in [6.45, 7) is 0. The normalized spacial score (nSPS) is 11.6. The number of carbonyl (C=O) groups excluding carboxylic acids is 2. The number of carbonyl (C=O) groups is 2. The van der Waals surface area contributed by atoms with Gasteiger partial charge in [0.15, 0.2) is 22.2 Å². The van der Waals surface area contributed by atoms with Crippen LogP contribution in [0.4, 0.5) is 0 Å². The van der Waals surface area contributed by atoms with Gasteiger partial charge in [-0.3, -0.25) is 0 Å². The minimum atomic E-state index is -2.26. The largest absolute Gasteiger partial charge is 1.00 e. The van der Waals surface area contributed by atoms with Gasteiger partial charge >= 0.3 is 59.1 Å². The Balaban J connectivity index is -0.0000000800. The Hall–Kier alpha value is 1.16. The summed E-state index contributed by atoms with van der Waals surface area (Å²) in [5.74, 6) is -4.64. The van der Waals surface area contributed by atoms with Crippen molar-refractivity contribution in [2.24, 2.45) is 0 Å². The molecule has 0 heterocycles. The van der Waals surface area contributed by atoms with Crippen LogP contribution in [0.15, 0.2) is 0 Å². The Morgan fingerprint density at radius 3 is 1.06 bits per heavy atom. The summed E-state index contributed by atoms with van der Waals surface area (Å²) >= 11 is -4.52. The van der Waals surface area contributed by atoms with Crippen LogP contribution in [0.25, 0.3) is 0 Å². The minimum absolute atomic E-state index is 0. The summed E-state index contributed by atoms with van der Waals surface area (Å²) in [6, 6.07) is 0. The molecule has 0 aliphatic carbocycles. The molecule has 0 saturated carbocycles. The summed E-state index contributed by atoms with van der Waals surface area (Å²) in [6.07, 6.45) is 0. The third kappa shape index (κ3) is 36.2. The van der Waals surface area contributed by atoms with Crippen molar-refractivity contribution in [1.82, 2.24) is 0 Å². The second kappa shape index (κ2) is 16.2. The van der Waals surface area contributed by atoms with E-state index in [-0.39, 0.29) is 59.1 Å². The molecule has 12 heteroatoms. The number of rotatable bonds is 4. The molecule has 2 N–H and O–H groups in total. The van der Waals surface area contributed by atoms with Crippen molar-refractivity contribution in [2.75, 3.05) is 11.5 Å². The molecule has 0 aliphatic heterocycles. The summed E-state index contributed by atoms with van der Waals surface area (Å²) in [5.41, 5.74) is 0. The van der Waals surface area contributed by atoms with E-state index in [0.717, 1.165) is 0 Å². The standard InChI is InChI=1S/2C2H4O4S.2Na/c2*3-2(4)1-7(5)6;;/h2*1H2,(H,3,4)(H,5,6);;/q;;2*+1/p-2. The van der Waals surface area contributed by atoms with Crippen molar-refractivity contribution >= 4 is 34.1 Å². The second-order valence-corrected chi connectivity index (χ2v) is 3.54. The molecule has 0 saturated heterocycles. The van der Waals surface area contributed by atoms with Crippen LogP contribution >= 0.6 is 0 Å². The zero-order chi connectivity index (χ0) is 11.7. The predicted octanol–water partition coefficient (Wildman–Crippen LogP) is -10.1. The minimum Gasteiger partial charge on any atom is -0.549 e. The topological polar surface area (TPSA) is 155 Å². The molecule has 0 fully saturated rings. The summed E-state index contributed by atoms with van der Waals surface area (Å²) in [5, 5.41) is 18.7. The molecule has 0 aromatic carbocycles. The SMILES string of the molecule is O=C([O-])CS(=O)O.O=C([O-])CS(=O)O.[Na+].[Na+]. The van der Waals surface area contributed by atoms with Gasteiger partial charge in [-0.15, -0.1) is 0 Å². The van der Waals surface area contributed by atoms with Crippen molar-refractivity contribution in [2.45, 2.75) is 0 Å². The van der Waals surface area contributed by atoms with Gasteiger partial charge in [-0.2, -0.15) is 0 Å². The maximum Gasteiger partial charge on any atom is 1.00 e. The number of carboxylic acid groups (broad SMARTS) is 2. The Labute approximate surface area is 140 Å². The third-order valence-electron chi connectivity index (χ3n) is 0.483. The van der Waals surface area contributed by atoms with Gasteiger partial charge in [-0.1, -0.05) is 0 Å². The number of carboxylic acids is 2. The van der Waals surface area contributed by atoms with Crippen LogP contribution in [0, 0.1) is 0 Å². The maximum atomic E-state index is 9.50. The summed E-state index contributed by atoms with van der Waals surface area (Å²) in [4.78, 5) is 18.7. The van der Waals surface area contributed by atoms with E-state index < -0.39 is 45.6 Å². The average Bonchev–Trinajstić information content (AvgIpc) is 1.79. The van der Waals surface area contributed by atoms with Crippen LogP contribution in [0.1, 0.15) is 0 Å². The van der Waals surface area contributed by atoms with Crippen LogP contribution in [-0.4, -0.2) is 41.0 Å². The fraction of sp³-hybridized carbons (Fsp3) is 0.500. The van der Waals surface area contributed by atoms with Gasteiger partial charge in [-0.25, -0.2) is 8.42 Å². The zero-order valence-electron chi connectivity index (χ0n) is 8.57. The fourth-order valence-corrected chi connectivity index (χ4v) is 0.605. The Kier molecular flexibility index (Phi) is 26.1. The van der Waals surface area contributed by atoms with Crippen LogP contribution in [0.2, 0.25) is 0 Å². The molecule has 16 heavy (non-hydrogen) atoms. The van der Waals surface area contributed by atoms with E-state index in [1.165, 1.54) is 0 Å².